The van der Waals surface area contributed by atoms with Crippen molar-refractivity contribution >= 4 is 17.5 Å². The number of rotatable bonds is 2. The van der Waals surface area contributed by atoms with E-state index in [0.717, 1.165) is 25.7 Å². The summed E-state index contributed by atoms with van der Waals surface area (Å²) in [4.78, 5) is 10.9. The molecule has 0 saturated heterocycles. The summed E-state index contributed by atoms with van der Waals surface area (Å²) in [5.41, 5.74) is 5.18. The second-order valence-electron chi connectivity index (χ2n) is 3.22. The highest BCUT2D eigenvalue weighted by Crippen LogP contribution is 2.22. The van der Waals surface area contributed by atoms with Crippen LogP contribution >= 0.6 is 11.6 Å². The molecular formula is C8H15ClN2O. The van der Waals surface area contributed by atoms with Gasteiger partial charge in [0.2, 0.25) is 5.91 Å². The lowest BCUT2D eigenvalue weighted by atomic mass is 9.95. The molecule has 70 valence electrons. The first kappa shape index (κ1) is 9.81. The van der Waals surface area contributed by atoms with Gasteiger partial charge in [0, 0.05) is 11.4 Å². The van der Waals surface area contributed by atoms with E-state index < -0.39 is 0 Å². The molecule has 0 spiro atoms. The van der Waals surface area contributed by atoms with Gasteiger partial charge < -0.3 is 11.1 Å². The monoisotopic (exact) mass is 190 g/mol. The molecule has 0 aromatic rings. The Balaban J connectivity index is 2.21. The van der Waals surface area contributed by atoms with Crippen LogP contribution in [0.25, 0.3) is 0 Å². The number of alkyl halides is 1. The molecule has 0 aliphatic heterocycles. The maximum absolute atomic E-state index is 10.9. The fourth-order valence-corrected chi connectivity index (χ4v) is 1.74. The predicted octanol–water partition coefficient (Wildman–Crippen LogP) is 0.611. The van der Waals surface area contributed by atoms with Crippen molar-refractivity contribution in [2.24, 2.45) is 5.73 Å². The van der Waals surface area contributed by atoms with E-state index in [9.17, 15) is 4.79 Å². The van der Waals surface area contributed by atoms with Crippen LogP contribution in [0.1, 0.15) is 25.7 Å². The summed E-state index contributed by atoms with van der Waals surface area (Å²) in [6.45, 7) is 0.0841. The molecule has 12 heavy (non-hydrogen) atoms. The maximum Gasteiger partial charge on any atom is 0.233 e. The largest absolute Gasteiger partial charge is 0.352 e. The van der Waals surface area contributed by atoms with Crippen LogP contribution in [0.5, 0.6) is 0 Å². The van der Waals surface area contributed by atoms with E-state index in [1.54, 1.807) is 0 Å². The highest BCUT2D eigenvalue weighted by Gasteiger charge is 2.19. The van der Waals surface area contributed by atoms with E-state index in [1.165, 1.54) is 0 Å². The summed E-state index contributed by atoms with van der Waals surface area (Å²) in [5.74, 6) is -0.0620. The van der Waals surface area contributed by atoms with Crippen molar-refractivity contribution in [1.82, 2.24) is 5.32 Å². The van der Waals surface area contributed by atoms with Gasteiger partial charge in [-0.1, -0.05) is 0 Å². The van der Waals surface area contributed by atoms with E-state index in [2.05, 4.69) is 5.32 Å². The molecule has 1 saturated carbocycles. The van der Waals surface area contributed by atoms with Crippen LogP contribution in [0.4, 0.5) is 0 Å². The Morgan fingerprint density at radius 2 is 2.00 bits per heavy atom. The van der Waals surface area contributed by atoms with Gasteiger partial charge in [-0.05, 0) is 25.7 Å². The van der Waals surface area contributed by atoms with Crippen LogP contribution < -0.4 is 11.1 Å². The van der Waals surface area contributed by atoms with Crippen LogP contribution in [0.3, 0.4) is 0 Å². The number of amides is 1. The lowest BCUT2D eigenvalue weighted by Gasteiger charge is -2.25. The quantitative estimate of drug-likeness (QED) is 0.627. The van der Waals surface area contributed by atoms with Gasteiger partial charge in [0.25, 0.3) is 0 Å². The molecular weight excluding hydrogens is 176 g/mol. The first-order chi connectivity index (χ1) is 5.72. The summed E-state index contributed by atoms with van der Waals surface area (Å²) >= 11 is 5.91. The Morgan fingerprint density at radius 3 is 2.50 bits per heavy atom. The standard InChI is InChI=1S/C8H15ClN2O/c9-6-1-3-7(4-2-6)11-8(12)5-10/h6-7H,1-5,10H2,(H,11,12). The van der Waals surface area contributed by atoms with Crippen LogP contribution in [-0.2, 0) is 4.79 Å². The summed E-state index contributed by atoms with van der Waals surface area (Å²) in [7, 11) is 0. The molecule has 1 amide bonds. The lowest BCUT2D eigenvalue weighted by Crippen LogP contribution is -2.40. The number of carbonyl (C=O) groups is 1. The Kier molecular flexibility index (Phi) is 3.82. The minimum absolute atomic E-state index is 0.0620. The van der Waals surface area contributed by atoms with Crippen molar-refractivity contribution in [2.45, 2.75) is 37.1 Å². The number of carbonyl (C=O) groups excluding carboxylic acids is 1. The molecule has 3 nitrogen and oxygen atoms in total. The van der Waals surface area contributed by atoms with E-state index in [0.29, 0.717) is 11.4 Å². The van der Waals surface area contributed by atoms with Gasteiger partial charge in [0.1, 0.15) is 0 Å². The van der Waals surface area contributed by atoms with Gasteiger partial charge in [-0.2, -0.15) is 0 Å². The molecule has 3 N–H and O–H groups in total. The molecule has 0 aromatic carbocycles. The van der Waals surface area contributed by atoms with Crippen LogP contribution in [0, 0.1) is 0 Å². The topological polar surface area (TPSA) is 55.1 Å². The summed E-state index contributed by atoms with van der Waals surface area (Å²) in [5, 5.41) is 3.17. The number of hydrogen-bond donors (Lipinski definition) is 2. The summed E-state index contributed by atoms with van der Waals surface area (Å²) < 4.78 is 0. The third-order valence-electron chi connectivity index (χ3n) is 2.21. The van der Waals surface area contributed by atoms with Gasteiger partial charge in [-0.3, -0.25) is 4.79 Å². The predicted molar refractivity (Wildman–Crippen MR) is 49.1 cm³/mol. The van der Waals surface area contributed by atoms with Crippen molar-refractivity contribution in [2.75, 3.05) is 6.54 Å². The molecule has 0 atom stereocenters. The average Bonchev–Trinajstić information content (AvgIpc) is 2.09. The second kappa shape index (κ2) is 4.67. The zero-order chi connectivity index (χ0) is 8.97. The van der Waals surface area contributed by atoms with Gasteiger partial charge in [-0.25, -0.2) is 0 Å². The summed E-state index contributed by atoms with van der Waals surface area (Å²) in [6, 6.07) is 0.302. The lowest BCUT2D eigenvalue weighted by molar-refractivity contribution is -0.120. The zero-order valence-electron chi connectivity index (χ0n) is 7.05. The molecule has 0 heterocycles. The molecule has 1 aliphatic rings. The highest BCUT2D eigenvalue weighted by molar-refractivity contribution is 6.20. The Hall–Kier alpha value is -0.280. The third kappa shape index (κ3) is 2.99. The number of hydrogen-bond acceptors (Lipinski definition) is 2. The van der Waals surface area contributed by atoms with Gasteiger partial charge in [0.15, 0.2) is 0 Å². The van der Waals surface area contributed by atoms with Gasteiger partial charge in [-0.15, -0.1) is 11.6 Å². The van der Waals surface area contributed by atoms with Crippen molar-refractivity contribution in [3.05, 3.63) is 0 Å². The van der Waals surface area contributed by atoms with E-state index in [4.69, 9.17) is 17.3 Å². The molecule has 1 rings (SSSR count). The molecule has 0 unspecified atom stereocenters. The molecule has 0 aromatic heterocycles. The van der Waals surface area contributed by atoms with E-state index >= 15 is 0 Å². The molecule has 4 heteroatoms. The fraction of sp³-hybridized carbons (Fsp3) is 0.875. The molecule has 1 fully saturated rings. The minimum Gasteiger partial charge on any atom is -0.352 e. The Bertz CT molecular complexity index is 155. The van der Waals surface area contributed by atoms with Crippen LogP contribution in [0.2, 0.25) is 0 Å². The SMILES string of the molecule is NCC(=O)NC1CCC(Cl)CC1. The smallest absolute Gasteiger partial charge is 0.233 e. The maximum atomic E-state index is 10.9. The Labute approximate surface area is 77.6 Å². The van der Waals surface area contributed by atoms with Crippen LogP contribution in [-0.4, -0.2) is 23.9 Å². The average molecular weight is 191 g/mol. The number of nitrogens with two attached hydrogens (primary N) is 1. The Morgan fingerprint density at radius 1 is 1.42 bits per heavy atom. The van der Waals surface area contributed by atoms with Gasteiger partial charge in [0.05, 0.1) is 6.54 Å². The van der Waals surface area contributed by atoms with Crippen molar-refractivity contribution < 1.29 is 4.79 Å². The van der Waals surface area contributed by atoms with Crippen LogP contribution in [0.15, 0.2) is 0 Å². The van der Waals surface area contributed by atoms with Crippen molar-refractivity contribution in [3.8, 4) is 0 Å². The molecule has 1 aliphatic carbocycles. The third-order valence-corrected chi connectivity index (χ3v) is 2.64. The second-order valence-corrected chi connectivity index (χ2v) is 3.84. The fourth-order valence-electron chi connectivity index (χ4n) is 1.48. The van der Waals surface area contributed by atoms with E-state index in [1.807, 2.05) is 0 Å². The minimum atomic E-state index is -0.0620. The highest BCUT2D eigenvalue weighted by atomic mass is 35.5. The van der Waals surface area contributed by atoms with Crippen molar-refractivity contribution in [3.63, 3.8) is 0 Å². The first-order valence-electron chi connectivity index (χ1n) is 4.36. The van der Waals surface area contributed by atoms with Gasteiger partial charge >= 0.3 is 0 Å². The van der Waals surface area contributed by atoms with Crippen molar-refractivity contribution in [1.29, 1.82) is 0 Å². The van der Waals surface area contributed by atoms with E-state index in [-0.39, 0.29) is 12.5 Å². The normalized spacial score (nSPS) is 29.8. The number of nitrogens with one attached hydrogen (secondary N) is 1. The first-order valence-corrected chi connectivity index (χ1v) is 4.79. The molecule has 0 radical (unpaired) electrons. The molecule has 0 bridgehead atoms. The summed E-state index contributed by atoms with van der Waals surface area (Å²) in [6.07, 6.45) is 3.97. The zero-order valence-corrected chi connectivity index (χ0v) is 7.81. The number of halogens is 1.